The van der Waals surface area contributed by atoms with E-state index in [2.05, 4.69) is 0 Å². The SMILES string of the molecule is CC(C)(C)OC(=O)N1[C@@H](CO)C[C@@H]2CCC[C@@H]21. The highest BCUT2D eigenvalue weighted by molar-refractivity contribution is 5.69. The van der Waals surface area contributed by atoms with E-state index < -0.39 is 5.60 Å². The molecule has 1 amide bonds. The van der Waals surface area contributed by atoms with E-state index in [1.165, 1.54) is 12.8 Å². The van der Waals surface area contributed by atoms with Crippen LogP contribution in [-0.4, -0.2) is 40.4 Å². The van der Waals surface area contributed by atoms with Crippen LogP contribution in [0, 0.1) is 5.92 Å². The first-order chi connectivity index (χ1) is 7.92. The average molecular weight is 241 g/mol. The van der Waals surface area contributed by atoms with E-state index in [9.17, 15) is 9.90 Å². The molecule has 1 N–H and O–H groups in total. The zero-order chi connectivity index (χ0) is 12.6. The Labute approximate surface area is 103 Å². The third-order valence-corrected chi connectivity index (χ3v) is 3.76. The molecule has 1 aliphatic carbocycles. The van der Waals surface area contributed by atoms with Crippen LogP contribution in [-0.2, 0) is 4.74 Å². The number of rotatable bonds is 1. The van der Waals surface area contributed by atoms with Crippen LogP contribution in [0.15, 0.2) is 0 Å². The lowest BCUT2D eigenvalue weighted by atomic mass is 10.0. The summed E-state index contributed by atoms with van der Waals surface area (Å²) < 4.78 is 5.44. The highest BCUT2D eigenvalue weighted by atomic mass is 16.6. The quantitative estimate of drug-likeness (QED) is 0.765. The summed E-state index contributed by atoms with van der Waals surface area (Å²) in [6, 6.07) is 0.252. The largest absolute Gasteiger partial charge is 0.444 e. The summed E-state index contributed by atoms with van der Waals surface area (Å²) in [5, 5.41) is 9.39. The molecule has 2 fully saturated rings. The van der Waals surface area contributed by atoms with Gasteiger partial charge in [-0.1, -0.05) is 6.42 Å². The summed E-state index contributed by atoms with van der Waals surface area (Å²) in [5.74, 6) is 0.569. The Hall–Kier alpha value is -0.770. The molecule has 1 saturated carbocycles. The van der Waals surface area contributed by atoms with Crippen molar-refractivity contribution >= 4 is 6.09 Å². The van der Waals surface area contributed by atoms with Crippen molar-refractivity contribution in [2.45, 2.75) is 64.1 Å². The highest BCUT2D eigenvalue weighted by Crippen LogP contribution is 2.41. The summed E-state index contributed by atoms with van der Waals surface area (Å²) in [4.78, 5) is 14.0. The van der Waals surface area contributed by atoms with Crippen molar-refractivity contribution in [3.63, 3.8) is 0 Å². The third-order valence-electron chi connectivity index (χ3n) is 3.76. The molecule has 3 atom stereocenters. The molecule has 0 unspecified atom stereocenters. The number of amides is 1. The zero-order valence-corrected chi connectivity index (χ0v) is 11.0. The number of likely N-dealkylation sites (tertiary alicyclic amines) is 1. The van der Waals surface area contributed by atoms with Crippen LogP contribution in [0.5, 0.6) is 0 Å². The first-order valence-electron chi connectivity index (χ1n) is 6.54. The van der Waals surface area contributed by atoms with Gasteiger partial charge in [0.2, 0.25) is 0 Å². The maximum Gasteiger partial charge on any atom is 0.410 e. The van der Waals surface area contributed by atoms with Crippen LogP contribution in [0.1, 0.15) is 46.5 Å². The Morgan fingerprint density at radius 2 is 2.12 bits per heavy atom. The Bertz CT molecular complexity index is 298. The van der Waals surface area contributed by atoms with Gasteiger partial charge in [-0.25, -0.2) is 4.79 Å². The van der Waals surface area contributed by atoms with Gasteiger partial charge in [0.1, 0.15) is 5.60 Å². The molecule has 0 aromatic carbocycles. The van der Waals surface area contributed by atoms with Gasteiger partial charge >= 0.3 is 6.09 Å². The van der Waals surface area contributed by atoms with Crippen molar-refractivity contribution in [3.05, 3.63) is 0 Å². The molecular weight excluding hydrogens is 218 g/mol. The molecule has 1 saturated heterocycles. The second-order valence-electron chi connectivity index (χ2n) is 6.22. The number of aliphatic hydroxyl groups is 1. The number of aliphatic hydroxyl groups excluding tert-OH is 1. The van der Waals surface area contributed by atoms with Crippen LogP contribution >= 0.6 is 0 Å². The van der Waals surface area contributed by atoms with E-state index in [4.69, 9.17) is 4.74 Å². The van der Waals surface area contributed by atoms with Gasteiger partial charge in [-0.2, -0.15) is 0 Å². The summed E-state index contributed by atoms with van der Waals surface area (Å²) in [5.41, 5.74) is -0.465. The van der Waals surface area contributed by atoms with Crippen LogP contribution < -0.4 is 0 Å². The molecule has 0 spiro atoms. The van der Waals surface area contributed by atoms with Crippen molar-refractivity contribution in [1.29, 1.82) is 0 Å². The number of hydrogen-bond acceptors (Lipinski definition) is 3. The van der Waals surface area contributed by atoms with Gasteiger partial charge in [0, 0.05) is 6.04 Å². The molecule has 0 bridgehead atoms. The topological polar surface area (TPSA) is 49.8 Å². The van der Waals surface area contributed by atoms with Gasteiger partial charge in [0.25, 0.3) is 0 Å². The van der Waals surface area contributed by atoms with Crippen LogP contribution in [0.25, 0.3) is 0 Å². The molecule has 2 rings (SSSR count). The number of carbonyl (C=O) groups is 1. The number of nitrogens with zero attached hydrogens (tertiary/aromatic N) is 1. The second kappa shape index (κ2) is 4.48. The molecule has 1 aliphatic heterocycles. The summed E-state index contributed by atoms with van der Waals surface area (Å²) >= 11 is 0. The molecule has 17 heavy (non-hydrogen) atoms. The Balaban J connectivity index is 2.08. The number of fused-ring (bicyclic) bond motifs is 1. The Morgan fingerprint density at radius 1 is 1.41 bits per heavy atom. The summed E-state index contributed by atoms with van der Waals surface area (Å²) in [7, 11) is 0. The zero-order valence-electron chi connectivity index (χ0n) is 11.0. The lowest BCUT2D eigenvalue weighted by Gasteiger charge is -2.31. The molecular formula is C13H23NO3. The predicted molar refractivity (Wildman–Crippen MR) is 64.7 cm³/mol. The molecule has 2 aliphatic rings. The van der Waals surface area contributed by atoms with Gasteiger partial charge in [-0.05, 0) is 46.0 Å². The van der Waals surface area contributed by atoms with E-state index in [1.807, 2.05) is 20.8 Å². The minimum Gasteiger partial charge on any atom is -0.444 e. The number of hydrogen-bond donors (Lipinski definition) is 1. The van der Waals surface area contributed by atoms with Crippen molar-refractivity contribution < 1.29 is 14.6 Å². The Kier molecular flexibility index (Phi) is 3.34. The predicted octanol–water partition coefficient (Wildman–Crippen LogP) is 2.16. The molecule has 98 valence electrons. The first kappa shape index (κ1) is 12.7. The van der Waals surface area contributed by atoms with E-state index in [1.54, 1.807) is 4.90 Å². The van der Waals surface area contributed by atoms with Crippen molar-refractivity contribution in [3.8, 4) is 0 Å². The minimum atomic E-state index is -0.465. The molecule has 1 heterocycles. The lowest BCUT2D eigenvalue weighted by Crippen LogP contribution is -2.45. The molecule has 0 aromatic rings. The van der Waals surface area contributed by atoms with Crippen LogP contribution in [0.2, 0.25) is 0 Å². The van der Waals surface area contributed by atoms with Gasteiger partial charge < -0.3 is 9.84 Å². The van der Waals surface area contributed by atoms with E-state index in [0.29, 0.717) is 12.0 Å². The number of ether oxygens (including phenoxy) is 1. The third kappa shape index (κ3) is 2.57. The van der Waals surface area contributed by atoms with Gasteiger partial charge in [0.05, 0.1) is 12.6 Å². The molecule has 0 radical (unpaired) electrons. The van der Waals surface area contributed by atoms with Gasteiger partial charge in [-0.3, -0.25) is 4.90 Å². The van der Waals surface area contributed by atoms with Gasteiger partial charge in [-0.15, -0.1) is 0 Å². The monoisotopic (exact) mass is 241 g/mol. The van der Waals surface area contributed by atoms with E-state index in [0.717, 1.165) is 12.8 Å². The summed E-state index contributed by atoms with van der Waals surface area (Å²) in [6.07, 6.45) is 4.10. The molecule has 4 nitrogen and oxygen atoms in total. The van der Waals surface area contributed by atoms with E-state index in [-0.39, 0.29) is 18.7 Å². The normalized spacial score (nSPS) is 32.7. The Morgan fingerprint density at radius 3 is 2.71 bits per heavy atom. The van der Waals surface area contributed by atoms with E-state index >= 15 is 0 Å². The highest BCUT2D eigenvalue weighted by Gasteiger charge is 2.46. The minimum absolute atomic E-state index is 0.0415. The maximum absolute atomic E-state index is 12.2. The number of carbonyl (C=O) groups excluding carboxylic acids is 1. The lowest BCUT2D eigenvalue weighted by molar-refractivity contribution is 0.00839. The second-order valence-corrected chi connectivity index (χ2v) is 6.22. The van der Waals surface area contributed by atoms with Crippen molar-refractivity contribution in [2.75, 3.05) is 6.61 Å². The smallest absolute Gasteiger partial charge is 0.410 e. The van der Waals surface area contributed by atoms with Crippen LogP contribution in [0.4, 0.5) is 4.79 Å². The molecule has 4 heteroatoms. The van der Waals surface area contributed by atoms with Crippen LogP contribution in [0.3, 0.4) is 0 Å². The van der Waals surface area contributed by atoms with Crippen molar-refractivity contribution in [2.24, 2.45) is 5.92 Å². The van der Waals surface area contributed by atoms with Crippen molar-refractivity contribution in [1.82, 2.24) is 4.90 Å². The maximum atomic E-state index is 12.2. The fourth-order valence-corrected chi connectivity index (χ4v) is 3.15. The average Bonchev–Trinajstić information content (AvgIpc) is 2.71. The first-order valence-corrected chi connectivity index (χ1v) is 6.54. The molecule has 0 aromatic heterocycles. The summed E-state index contributed by atoms with van der Waals surface area (Å²) in [6.45, 7) is 5.68. The standard InChI is InChI=1S/C13H23NO3/c1-13(2,3)17-12(16)14-10(8-15)7-9-5-4-6-11(9)14/h9-11,15H,4-8H2,1-3H3/t9-,10+,11-/m0/s1. The fraction of sp³-hybridized carbons (Fsp3) is 0.923. The van der Waals surface area contributed by atoms with Gasteiger partial charge in [0.15, 0.2) is 0 Å². The fourth-order valence-electron chi connectivity index (χ4n) is 3.15.